The summed E-state index contributed by atoms with van der Waals surface area (Å²) in [5.41, 5.74) is 3.10. The molecule has 12 heteroatoms. The number of aliphatic hydroxyl groups is 1. The van der Waals surface area contributed by atoms with Crippen LogP contribution in [0.15, 0.2) is 36.4 Å². The van der Waals surface area contributed by atoms with Crippen LogP contribution in [0.5, 0.6) is 0 Å². The molecule has 0 radical (unpaired) electrons. The second-order valence-corrected chi connectivity index (χ2v) is 10.5. The standard InChI is InChI=1S/C21H25N5O5S2/c1-13-6-25-26(8-13)9-15-5-20(32-11-15)21(28)17-7-23-12-24-18(17)3-14-2-16(19(27)4-14)10-31-33(22,29)30/h5-8,11-12,14,16,19,27H,2-4,9-10H2,1H3,(H2,22,29,30)/t14-,16+,19-/m0/s1. The summed E-state index contributed by atoms with van der Waals surface area (Å²) in [4.78, 5) is 22.2. The SMILES string of the molecule is Cc1cnn(Cc2csc(C(=O)c3cncnc3C[C@@H]3C[C@H](COS(N)(=O)=O)[C@@H](O)C3)c2)c1. The number of aromatic nitrogens is 4. The van der Waals surface area contributed by atoms with Gasteiger partial charge in [0.2, 0.25) is 5.78 Å². The van der Waals surface area contributed by atoms with Gasteiger partial charge in [0, 0.05) is 18.3 Å². The maximum atomic E-state index is 13.2. The average Bonchev–Trinajstić information content (AvgIpc) is 3.47. The van der Waals surface area contributed by atoms with E-state index in [0.29, 0.717) is 41.9 Å². The highest BCUT2D eigenvalue weighted by Gasteiger charge is 2.35. The lowest BCUT2D eigenvalue weighted by molar-refractivity contribution is 0.100. The number of carbonyl (C=O) groups excluding carboxylic acids is 1. The summed E-state index contributed by atoms with van der Waals surface area (Å²) in [6.45, 7) is 2.39. The van der Waals surface area contributed by atoms with Crippen LogP contribution >= 0.6 is 11.3 Å². The highest BCUT2D eigenvalue weighted by atomic mass is 32.2. The number of rotatable bonds is 9. The van der Waals surface area contributed by atoms with Gasteiger partial charge in [-0.25, -0.2) is 15.1 Å². The van der Waals surface area contributed by atoms with E-state index in [0.717, 1.165) is 11.1 Å². The Morgan fingerprint density at radius 3 is 2.91 bits per heavy atom. The molecule has 176 valence electrons. The zero-order chi connectivity index (χ0) is 23.6. The molecule has 4 rings (SSSR count). The largest absolute Gasteiger partial charge is 0.393 e. The third kappa shape index (κ3) is 6.09. The number of nitrogens with two attached hydrogens (primary N) is 1. The zero-order valence-corrected chi connectivity index (χ0v) is 19.6. The van der Waals surface area contributed by atoms with E-state index < -0.39 is 16.4 Å². The van der Waals surface area contributed by atoms with Crippen molar-refractivity contribution in [2.45, 2.75) is 38.8 Å². The van der Waals surface area contributed by atoms with E-state index in [1.165, 1.54) is 23.9 Å². The zero-order valence-electron chi connectivity index (χ0n) is 18.0. The fourth-order valence-corrected chi connectivity index (χ4v) is 5.40. The molecule has 33 heavy (non-hydrogen) atoms. The summed E-state index contributed by atoms with van der Waals surface area (Å²) in [6.07, 6.45) is 7.42. The van der Waals surface area contributed by atoms with Gasteiger partial charge < -0.3 is 5.11 Å². The number of nitrogens with zero attached hydrogens (tertiary/aromatic N) is 4. The Bertz CT molecular complexity index is 1240. The predicted molar refractivity (Wildman–Crippen MR) is 121 cm³/mol. The minimum absolute atomic E-state index is 0.0254. The van der Waals surface area contributed by atoms with E-state index in [1.807, 2.05) is 29.2 Å². The number of hydrogen-bond acceptors (Lipinski definition) is 9. The van der Waals surface area contributed by atoms with E-state index in [1.54, 1.807) is 6.20 Å². The van der Waals surface area contributed by atoms with Crippen LogP contribution in [0.3, 0.4) is 0 Å². The molecule has 3 heterocycles. The maximum Gasteiger partial charge on any atom is 0.333 e. The molecule has 0 saturated heterocycles. The van der Waals surface area contributed by atoms with Crippen molar-refractivity contribution < 1.29 is 22.5 Å². The van der Waals surface area contributed by atoms with Crippen molar-refractivity contribution in [3.63, 3.8) is 0 Å². The first kappa shape index (κ1) is 23.6. The third-order valence-electron chi connectivity index (χ3n) is 5.71. The molecular formula is C21H25N5O5S2. The summed E-state index contributed by atoms with van der Waals surface area (Å²) in [5, 5.41) is 21.4. The summed E-state index contributed by atoms with van der Waals surface area (Å²) >= 11 is 1.37. The lowest BCUT2D eigenvalue weighted by Crippen LogP contribution is -2.24. The number of carbonyl (C=O) groups is 1. The molecule has 0 aromatic carbocycles. The molecule has 1 aliphatic rings. The van der Waals surface area contributed by atoms with Crippen molar-refractivity contribution in [2.24, 2.45) is 17.0 Å². The van der Waals surface area contributed by atoms with Gasteiger partial charge in [0.15, 0.2) is 0 Å². The van der Waals surface area contributed by atoms with Crippen molar-refractivity contribution in [3.05, 3.63) is 63.6 Å². The molecule has 0 bridgehead atoms. The highest BCUT2D eigenvalue weighted by molar-refractivity contribution is 7.84. The van der Waals surface area contributed by atoms with Crippen LogP contribution in [0.1, 0.15) is 44.9 Å². The molecule has 3 aromatic rings. The summed E-state index contributed by atoms with van der Waals surface area (Å²) in [5.74, 6) is -0.469. The van der Waals surface area contributed by atoms with Crippen molar-refractivity contribution in [3.8, 4) is 0 Å². The van der Waals surface area contributed by atoms with Crippen LogP contribution in [0.25, 0.3) is 0 Å². The number of aliphatic hydroxyl groups excluding tert-OH is 1. The van der Waals surface area contributed by atoms with Gasteiger partial charge in [-0.2, -0.15) is 13.5 Å². The van der Waals surface area contributed by atoms with Gasteiger partial charge in [-0.15, -0.1) is 11.3 Å². The lowest BCUT2D eigenvalue weighted by atomic mass is 9.96. The number of hydrogen-bond donors (Lipinski definition) is 2. The molecule has 0 aliphatic heterocycles. The fraction of sp³-hybridized carbons (Fsp3) is 0.429. The first-order valence-corrected chi connectivity index (χ1v) is 12.8. The summed E-state index contributed by atoms with van der Waals surface area (Å²) < 4.78 is 28.6. The van der Waals surface area contributed by atoms with E-state index in [2.05, 4.69) is 19.2 Å². The summed E-state index contributed by atoms with van der Waals surface area (Å²) in [6, 6.07) is 1.86. The van der Waals surface area contributed by atoms with Gasteiger partial charge in [0.05, 0.1) is 41.6 Å². The van der Waals surface area contributed by atoms with Gasteiger partial charge in [-0.05, 0) is 54.7 Å². The van der Waals surface area contributed by atoms with Crippen LogP contribution in [-0.4, -0.2) is 51.8 Å². The number of thiophene rings is 1. The molecule has 3 N–H and O–H groups in total. The fourth-order valence-electron chi connectivity index (χ4n) is 4.17. The van der Waals surface area contributed by atoms with Crippen molar-refractivity contribution in [2.75, 3.05) is 6.61 Å². The Labute approximate surface area is 195 Å². The lowest BCUT2D eigenvalue weighted by Gasteiger charge is -2.13. The van der Waals surface area contributed by atoms with Crippen molar-refractivity contribution >= 4 is 27.4 Å². The van der Waals surface area contributed by atoms with Gasteiger partial charge in [-0.1, -0.05) is 0 Å². The second kappa shape index (κ2) is 9.77. The maximum absolute atomic E-state index is 13.2. The van der Waals surface area contributed by atoms with E-state index in [9.17, 15) is 18.3 Å². The Morgan fingerprint density at radius 2 is 2.18 bits per heavy atom. The molecule has 10 nitrogen and oxygen atoms in total. The van der Waals surface area contributed by atoms with E-state index in [-0.39, 0.29) is 24.2 Å². The van der Waals surface area contributed by atoms with Gasteiger partial charge in [-0.3, -0.25) is 13.7 Å². The molecule has 1 saturated carbocycles. The second-order valence-electron chi connectivity index (χ2n) is 8.39. The predicted octanol–water partition coefficient (Wildman–Crippen LogP) is 1.47. The van der Waals surface area contributed by atoms with E-state index in [4.69, 9.17) is 5.14 Å². The quantitative estimate of drug-likeness (QED) is 0.427. The van der Waals surface area contributed by atoms with Crippen LogP contribution in [0.2, 0.25) is 0 Å². The van der Waals surface area contributed by atoms with Crippen LogP contribution in [-0.2, 0) is 27.5 Å². The Hall–Kier alpha value is -2.51. The minimum Gasteiger partial charge on any atom is -0.393 e. The Kier molecular flexibility index (Phi) is 7.00. The van der Waals surface area contributed by atoms with Gasteiger partial charge >= 0.3 is 10.3 Å². The smallest absolute Gasteiger partial charge is 0.333 e. The monoisotopic (exact) mass is 491 g/mol. The third-order valence-corrected chi connectivity index (χ3v) is 7.15. The molecule has 0 unspecified atom stereocenters. The molecule has 3 atom stereocenters. The number of aryl methyl sites for hydroxylation is 1. The van der Waals surface area contributed by atoms with Crippen LogP contribution in [0.4, 0.5) is 0 Å². The average molecular weight is 492 g/mol. The van der Waals surface area contributed by atoms with Crippen LogP contribution < -0.4 is 5.14 Å². The first-order valence-electron chi connectivity index (χ1n) is 10.4. The normalized spacial score (nSPS) is 20.9. The molecular weight excluding hydrogens is 466 g/mol. The number of ketones is 1. The molecule has 0 amide bonds. The van der Waals surface area contributed by atoms with E-state index >= 15 is 0 Å². The van der Waals surface area contributed by atoms with Crippen molar-refractivity contribution in [1.82, 2.24) is 19.7 Å². The highest BCUT2D eigenvalue weighted by Crippen LogP contribution is 2.34. The minimum atomic E-state index is -4.06. The molecule has 3 aromatic heterocycles. The Morgan fingerprint density at radius 1 is 1.36 bits per heavy atom. The summed E-state index contributed by atoms with van der Waals surface area (Å²) in [7, 11) is -4.06. The van der Waals surface area contributed by atoms with Gasteiger partial charge in [0.25, 0.3) is 0 Å². The van der Waals surface area contributed by atoms with Crippen LogP contribution in [0, 0.1) is 18.8 Å². The van der Waals surface area contributed by atoms with Crippen molar-refractivity contribution in [1.29, 1.82) is 0 Å². The molecule has 0 spiro atoms. The van der Waals surface area contributed by atoms with Gasteiger partial charge in [0.1, 0.15) is 6.33 Å². The molecule has 1 fully saturated rings. The Balaban J connectivity index is 1.44. The first-order chi connectivity index (χ1) is 15.7. The topological polar surface area (TPSA) is 150 Å². The molecule has 1 aliphatic carbocycles.